The molecule has 0 unspecified atom stereocenters. The molecule has 0 radical (unpaired) electrons. The predicted molar refractivity (Wildman–Crippen MR) is 88.0 cm³/mol. The Kier molecular flexibility index (Phi) is 8.76. The summed E-state index contributed by atoms with van der Waals surface area (Å²) in [5.74, 6) is 7.08. The maximum atomic E-state index is 11.5. The van der Waals surface area contributed by atoms with Gasteiger partial charge >= 0.3 is 0 Å². The Morgan fingerprint density at radius 3 is 2.32 bits per heavy atom. The molecule has 0 amide bonds. The number of Topliss-reactive ketones (excluding diaryl/α,β-unsaturated/α-hetero) is 1. The number of carbonyl (C=O) groups is 1. The van der Waals surface area contributed by atoms with E-state index in [0.29, 0.717) is 12.2 Å². The lowest BCUT2D eigenvalue weighted by Gasteiger charge is -2.09. The van der Waals surface area contributed by atoms with E-state index in [-0.39, 0.29) is 5.92 Å². The lowest BCUT2D eigenvalue weighted by atomic mass is 10.0. The van der Waals surface area contributed by atoms with Gasteiger partial charge in [0.05, 0.1) is 8.07 Å². The summed E-state index contributed by atoms with van der Waals surface area (Å²) in [7, 11) is -1.00. The van der Waals surface area contributed by atoms with Crippen LogP contribution in [0.4, 0.5) is 0 Å². The van der Waals surface area contributed by atoms with Crippen molar-refractivity contribution in [1.82, 2.24) is 0 Å². The van der Waals surface area contributed by atoms with Crippen LogP contribution in [0.25, 0.3) is 0 Å². The first-order chi connectivity index (χ1) is 8.72. The number of allylic oxidation sites excluding steroid dienone is 2. The molecule has 19 heavy (non-hydrogen) atoms. The fourth-order valence-electron chi connectivity index (χ4n) is 1.52. The molecule has 0 aliphatic heterocycles. The van der Waals surface area contributed by atoms with Crippen molar-refractivity contribution in [1.29, 1.82) is 0 Å². The van der Waals surface area contributed by atoms with Crippen LogP contribution in [0.1, 0.15) is 46.5 Å². The third kappa shape index (κ3) is 12.0. The van der Waals surface area contributed by atoms with Gasteiger partial charge in [-0.25, -0.2) is 0 Å². The number of carbonyl (C=O) groups excluding carboxylic acids is 1. The largest absolute Gasteiger partial charge is 0.299 e. The maximum Gasteiger partial charge on any atom is 0.135 e. The molecule has 108 valence electrons. The Morgan fingerprint density at radius 2 is 1.79 bits per heavy atom. The number of rotatable bonds is 7. The number of hydrogen-bond acceptors (Lipinski definition) is 1. The minimum Gasteiger partial charge on any atom is -0.299 e. The Bertz CT molecular complexity index is 361. The smallest absolute Gasteiger partial charge is 0.135 e. The second kappa shape index (κ2) is 9.15. The predicted octanol–water partition coefficient (Wildman–Crippen LogP) is 5.06. The van der Waals surface area contributed by atoms with Crippen molar-refractivity contribution in [3.8, 4) is 11.8 Å². The molecule has 0 rings (SSSR count). The van der Waals surface area contributed by atoms with E-state index in [4.69, 9.17) is 0 Å². The Hall–Kier alpha value is -0.813. The van der Waals surface area contributed by atoms with Gasteiger partial charge in [0.15, 0.2) is 0 Å². The van der Waals surface area contributed by atoms with E-state index in [1.54, 1.807) is 0 Å². The van der Waals surface area contributed by atoms with Gasteiger partial charge in [0.1, 0.15) is 5.78 Å². The van der Waals surface area contributed by atoms with Crippen LogP contribution in [0, 0.1) is 17.8 Å². The lowest BCUT2D eigenvalue weighted by molar-refractivity contribution is -0.121. The van der Waals surface area contributed by atoms with Crippen LogP contribution in [-0.2, 0) is 4.79 Å². The van der Waals surface area contributed by atoms with Crippen molar-refractivity contribution in [2.45, 2.75) is 72.1 Å². The molecule has 0 aromatic rings. The van der Waals surface area contributed by atoms with Gasteiger partial charge in [0, 0.05) is 24.8 Å². The quantitative estimate of drug-likeness (QED) is 0.275. The van der Waals surface area contributed by atoms with Crippen LogP contribution in [0.5, 0.6) is 0 Å². The summed E-state index contributed by atoms with van der Waals surface area (Å²) in [4.78, 5) is 11.5. The highest BCUT2D eigenvalue weighted by Crippen LogP contribution is 2.10. The molecule has 0 aliphatic carbocycles. The van der Waals surface area contributed by atoms with E-state index < -0.39 is 8.07 Å². The molecule has 0 saturated carbocycles. The summed E-state index contributed by atoms with van der Waals surface area (Å²) in [5.41, 5.74) is 1.32. The molecular weight excluding hydrogens is 248 g/mol. The summed E-state index contributed by atoms with van der Waals surface area (Å²) >= 11 is 0. The topological polar surface area (TPSA) is 17.1 Å². The fourth-order valence-corrected chi connectivity index (χ4v) is 2.17. The zero-order valence-electron chi connectivity index (χ0n) is 13.6. The second-order valence-corrected chi connectivity index (χ2v) is 12.3. The molecule has 0 spiro atoms. The van der Waals surface area contributed by atoms with E-state index in [1.807, 2.05) is 13.8 Å². The van der Waals surface area contributed by atoms with E-state index in [0.717, 1.165) is 25.3 Å². The Labute approximate surface area is 120 Å². The molecule has 0 saturated heterocycles. The Morgan fingerprint density at radius 1 is 1.16 bits per heavy atom. The highest BCUT2D eigenvalue weighted by Gasteiger charge is 2.09. The first-order valence-electron chi connectivity index (χ1n) is 7.36. The molecule has 0 aromatic heterocycles. The van der Waals surface area contributed by atoms with E-state index >= 15 is 0 Å². The fraction of sp³-hybridized carbons (Fsp3) is 0.706. The normalized spacial score (nSPS) is 12.3. The van der Waals surface area contributed by atoms with Crippen molar-refractivity contribution >= 4 is 13.9 Å². The first kappa shape index (κ1) is 18.2. The van der Waals surface area contributed by atoms with Gasteiger partial charge in [-0.05, 0) is 19.8 Å². The van der Waals surface area contributed by atoms with Crippen molar-refractivity contribution in [3.05, 3.63) is 11.6 Å². The summed E-state index contributed by atoms with van der Waals surface area (Å²) < 4.78 is 0. The van der Waals surface area contributed by atoms with Gasteiger partial charge in [0.2, 0.25) is 0 Å². The van der Waals surface area contributed by atoms with Gasteiger partial charge in [0.25, 0.3) is 0 Å². The third-order valence-corrected chi connectivity index (χ3v) is 4.15. The zero-order chi connectivity index (χ0) is 14.9. The minimum absolute atomic E-state index is 0.167. The van der Waals surface area contributed by atoms with Crippen LogP contribution >= 0.6 is 0 Å². The molecule has 2 heteroatoms. The van der Waals surface area contributed by atoms with E-state index in [9.17, 15) is 4.79 Å². The molecular formula is C17H30OSi. The highest BCUT2D eigenvalue weighted by atomic mass is 28.3. The molecule has 0 bridgehead atoms. The molecule has 0 N–H and O–H groups in total. The van der Waals surface area contributed by atoms with Crippen molar-refractivity contribution in [3.63, 3.8) is 0 Å². The monoisotopic (exact) mass is 278 g/mol. The lowest BCUT2D eigenvalue weighted by Crippen LogP contribution is -2.17. The summed E-state index contributed by atoms with van der Waals surface area (Å²) in [6, 6.07) is 1.10. The van der Waals surface area contributed by atoms with Crippen LogP contribution in [0.2, 0.25) is 25.7 Å². The zero-order valence-corrected chi connectivity index (χ0v) is 14.6. The van der Waals surface area contributed by atoms with Gasteiger partial charge in [-0.1, -0.05) is 45.1 Å². The molecule has 0 atom stereocenters. The van der Waals surface area contributed by atoms with Gasteiger partial charge < -0.3 is 0 Å². The first-order valence-corrected chi connectivity index (χ1v) is 11.1. The molecule has 0 aromatic carbocycles. The third-order valence-electron chi connectivity index (χ3n) is 2.92. The summed E-state index contributed by atoms with van der Waals surface area (Å²) in [6.07, 6.45) is 5.78. The maximum absolute atomic E-state index is 11.5. The number of ketones is 1. The van der Waals surface area contributed by atoms with Crippen LogP contribution in [0.3, 0.4) is 0 Å². The summed E-state index contributed by atoms with van der Waals surface area (Å²) in [6.45, 7) is 13.1. The van der Waals surface area contributed by atoms with Crippen molar-refractivity contribution < 1.29 is 4.79 Å². The molecule has 0 aliphatic rings. The van der Waals surface area contributed by atoms with E-state index in [1.165, 1.54) is 5.57 Å². The molecule has 0 heterocycles. The van der Waals surface area contributed by atoms with Crippen LogP contribution in [0.15, 0.2) is 11.6 Å². The van der Waals surface area contributed by atoms with E-state index in [2.05, 4.69) is 44.5 Å². The summed E-state index contributed by atoms with van der Waals surface area (Å²) in [5, 5.41) is 0. The SMILES string of the molecule is C/C(=C\CCC#CC[Si](C)(C)C)CCC(=O)C(C)C. The molecule has 0 fully saturated rings. The standard InChI is InChI=1S/C17H30OSi/c1-15(2)17(18)13-12-16(3)11-9-7-8-10-14-19(4,5)6/h11,15H,7,9,12-14H2,1-6H3/b16-11+. The minimum atomic E-state index is -1.00. The van der Waals surface area contributed by atoms with Crippen LogP contribution in [-0.4, -0.2) is 13.9 Å². The Balaban J connectivity index is 3.85. The molecule has 1 nitrogen and oxygen atoms in total. The highest BCUT2D eigenvalue weighted by molar-refractivity contribution is 6.76. The average Bonchev–Trinajstić information content (AvgIpc) is 2.28. The van der Waals surface area contributed by atoms with Crippen LogP contribution < -0.4 is 0 Å². The number of hydrogen-bond donors (Lipinski definition) is 0. The van der Waals surface area contributed by atoms with Gasteiger partial charge in [-0.3, -0.25) is 4.79 Å². The van der Waals surface area contributed by atoms with Gasteiger partial charge in [-0.15, -0.1) is 11.8 Å². The van der Waals surface area contributed by atoms with Gasteiger partial charge in [-0.2, -0.15) is 0 Å². The van der Waals surface area contributed by atoms with Crippen molar-refractivity contribution in [2.75, 3.05) is 0 Å². The second-order valence-electron chi connectivity index (χ2n) is 6.80. The van der Waals surface area contributed by atoms with Crippen molar-refractivity contribution in [2.24, 2.45) is 5.92 Å². The number of unbranched alkanes of at least 4 members (excludes halogenated alkanes) is 1. The average molecular weight is 279 g/mol.